The topological polar surface area (TPSA) is 83.1 Å². The number of carboxylic acid groups (broad SMARTS) is 1. The smallest absolute Gasteiger partial charge is 0.335 e. The molecule has 1 fully saturated rings. The highest BCUT2D eigenvalue weighted by atomic mass is 32.2. The molecule has 4 aromatic rings. The second-order valence-electron chi connectivity index (χ2n) is 8.40. The lowest BCUT2D eigenvalue weighted by Gasteiger charge is -2.16. The van der Waals surface area contributed by atoms with Crippen molar-refractivity contribution in [3.8, 4) is 11.3 Å². The molecule has 178 valence electrons. The fraction of sp³-hybridized carbons (Fsp3) is 0.0690. The number of anilines is 1. The van der Waals surface area contributed by atoms with E-state index < -0.39 is 5.97 Å². The maximum Gasteiger partial charge on any atom is 0.335 e. The van der Waals surface area contributed by atoms with Gasteiger partial charge in [0.2, 0.25) is 0 Å². The first-order chi connectivity index (χ1) is 17.4. The van der Waals surface area contributed by atoms with Crippen molar-refractivity contribution in [2.45, 2.75) is 13.8 Å². The number of thioether (sulfide) groups is 1. The summed E-state index contributed by atoms with van der Waals surface area (Å²) in [5.41, 5.74) is 4.54. The lowest BCUT2D eigenvalue weighted by atomic mass is 10.1. The summed E-state index contributed by atoms with van der Waals surface area (Å²) in [5.74, 6) is -0.192. The van der Waals surface area contributed by atoms with Crippen LogP contribution in [0.1, 0.15) is 27.2 Å². The fourth-order valence-corrected chi connectivity index (χ4v) is 4.70. The molecule has 0 saturated carbocycles. The first-order valence-corrected chi connectivity index (χ1v) is 12.1. The predicted molar refractivity (Wildman–Crippen MR) is 144 cm³/mol. The Morgan fingerprint density at radius 3 is 2.33 bits per heavy atom. The number of nitrogens with zero attached hydrogens (tertiary/aromatic N) is 2. The normalized spacial score (nSPS) is 15.7. The molecule has 1 amide bonds. The fourth-order valence-electron chi connectivity index (χ4n) is 3.72. The minimum Gasteiger partial charge on any atom is -0.478 e. The van der Waals surface area contributed by atoms with Gasteiger partial charge in [-0.3, -0.25) is 9.69 Å². The number of benzene rings is 3. The molecular formula is C29H22N2O4S. The number of carboxylic acids is 1. The van der Waals surface area contributed by atoms with Gasteiger partial charge in [-0.15, -0.1) is 0 Å². The zero-order valence-corrected chi connectivity index (χ0v) is 20.5. The molecule has 1 saturated heterocycles. The van der Waals surface area contributed by atoms with Gasteiger partial charge in [0, 0.05) is 11.6 Å². The number of furan rings is 1. The number of hydrogen-bond donors (Lipinski definition) is 1. The summed E-state index contributed by atoms with van der Waals surface area (Å²) in [6.07, 6.45) is 1.69. The molecule has 1 aliphatic heterocycles. The molecule has 36 heavy (non-hydrogen) atoms. The highest BCUT2D eigenvalue weighted by Gasteiger charge is 2.35. The van der Waals surface area contributed by atoms with Gasteiger partial charge in [0.1, 0.15) is 11.5 Å². The van der Waals surface area contributed by atoms with Crippen LogP contribution in [0.5, 0.6) is 0 Å². The van der Waals surface area contributed by atoms with Crippen molar-refractivity contribution < 1.29 is 19.1 Å². The second kappa shape index (κ2) is 9.71. The number of hydrogen-bond acceptors (Lipinski definition) is 5. The molecule has 0 unspecified atom stereocenters. The van der Waals surface area contributed by atoms with E-state index in [1.54, 1.807) is 41.3 Å². The van der Waals surface area contributed by atoms with E-state index in [0.717, 1.165) is 22.5 Å². The molecule has 0 atom stereocenters. The number of aliphatic imine (C=N–C) groups is 1. The summed E-state index contributed by atoms with van der Waals surface area (Å²) in [4.78, 5) is 31.6. The quantitative estimate of drug-likeness (QED) is 0.300. The molecule has 0 bridgehead atoms. The lowest BCUT2D eigenvalue weighted by Crippen LogP contribution is -2.28. The third-order valence-electron chi connectivity index (χ3n) is 5.65. The number of rotatable bonds is 5. The van der Waals surface area contributed by atoms with Crippen molar-refractivity contribution in [3.05, 3.63) is 112 Å². The molecule has 2 heterocycles. The first-order valence-electron chi connectivity index (χ1n) is 11.3. The Hall–Kier alpha value is -4.36. The molecule has 0 aliphatic carbocycles. The van der Waals surface area contributed by atoms with Crippen LogP contribution in [-0.2, 0) is 4.79 Å². The number of amidine groups is 1. The van der Waals surface area contributed by atoms with Gasteiger partial charge in [0.15, 0.2) is 5.17 Å². The van der Waals surface area contributed by atoms with Crippen molar-refractivity contribution in [1.29, 1.82) is 0 Å². The molecule has 5 rings (SSSR count). The summed E-state index contributed by atoms with van der Waals surface area (Å²) in [6, 6.07) is 25.6. The number of carbonyl (C=O) groups is 2. The number of carbonyl (C=O) groups excluding carboxylic acids is 1. The Morgan fingerprint density at radius 2 is 1.64 bits per heavy atom. The van der Waals surface area contributed by atoms with E-state index in [0.29, 0.717) is 27.2 Å². The summed E-state index contributed by atoms with van der Waals surface area (Å²) < 4.78 is 5.94. The van der Waals surface area contributed by atoms with E-state index >= 15 is 0 Å². The van der Waals surface area contributed by atoms with Gasteiger partial charge in [0.05, 0.1) is 21.8 Å². The van der Waals surface area contributed by atoms with Crippen LogP contribution < -0.4 is 4.90 Å². The van der Waals surface area contributed by atoms with Gasteiger partial charge in [-0.25, -0.2) is 9.79 Å². The molecule has 7 heteroatoms. The molecule has 3 aromatic carbocycles. The zero-order valence-electron chi connectivity index (χ0n) is 19.6. The standard InChI is InChI=1S/C29H22N2O4S/c1-18-6-10-22(11-7-18)30-29-31(23-12-8-19(2)9-13-23)27(32)26(36-29)17-24-14-15-25(35-24)20-4-3-5-21(16-20)28(33)34/h3-17H,1-2H3,(H,33,34)/b26-17-,30-29?. The van der Waals surface area contributed by atoms with Gasteiger partial charge in [-0.05, 0) is 74.1 Å². The van der Waals surface area contributed by atoms with E-state index in [2.05, 4.69) is 0 Å². The van der Waals surface area contributed by atoms with Crippen LogP contribution in [0, 0.1) is 13.8 Å². The Kier molecular flexibility index (Phi) is 6.31. The van der Waals surface area contributed by atoms with Crippen molar-refractivity contribution in [2.24, 2.45) is 4.99 Å². The summed E-state index contributed by atoms with van der Waals surface area (Å²) in [7, 11) is 0. The van der Waals surface area contributed by atoms with Gasteiger partial charge >= 0.3 is 5.97 Å². The van der Waals surface area contributed by atoms with Crippen LogP contribution in [0.15, 0.2) is 99.2 Å². The van der Waals surface area contributed by atoms with Crippen molar-refractivity contribution in [1.82, 2.24) is 0 Å². The third-order valence-corrected chi connectivity index (χ3v) is 6.62. The third kappa shape index (κ3) is 4.87. The molecule has 0 spiro atoms. The Morgan fingerprint density at radius 1 is 0.944 bits per heavy atom. The highest BCUT2D eigenvalue weighted by Crippen LogP contribution is 2.38. The largest absolute Gasteiger partial charge is 0.478 e. The van der Waals surface area contributed by atoms with Crippen LogP contribution in [-0.4, -0.2) is 22.2 Å². The minimum absolute atomic E-state index is 0.177. The highest BCUT2D eigenvalue weighted by molar-refractivity contribution is 8.19. The van der Waals surface area contributed by atoms with Gasteiger partial charge in [0.25, 0.3) is 5.91 Å². The maximum atomic E-state index is 13.5. The molecule has 0 radical (unpaired) electrons. The molecule has 1 aromatic heterocycles. The Balaban J connectivity index is 1.50. The van der Waals surface area contributed by atoms with E-state index in [9.17, 15) is 14.7 Å². The van der Waals surface area contributed by atoms with Crippen LogP contribution in [0.4, 0.5) is 11.4 Å². The average molecular weight is 495 g/mol. The van der Waals surface area contributed by atoms with Crippen LogP contribution in [0.25, 0.3) is 17.4 Å². The van der Waals surface area contributed by atoms with E-state index in [4.69, 9.17) is 9.41 Å². The molecule has 1 N–H and O–H groups in total. The zero-order chi connectivity index (χ0) is 25.2. The van der Waals surface area contributed by atoms with Crippen molar-refractivity contribution in [3.63, 3.8) is 0 Å². The van der Waals surface area contributed by atoms with Gasteiger partial charge < -0.3 is 9.52 Å². The van der Waals surface area contributed by atoms with E-state index in [1.165, 1.54) is 17.8 Å². The molecule has 1 aliphatic rings. The summed E-state index contributed by atoms with van der Waals surface area (Å²) >= 11 is 1.28. The monoisotopic (exact) mass is 494 g/mol. The number of amides is 1. The number of aryl methyl sites for hydroxylation is 2. The Labute approximate surface area is 212 Å². The van der Waals surface area contributed by atoms with Gasteiger partial charge in [-0.1, -0.05) is 47.5 Å². The molecular weight excluding hydrogens is 472 g/mol. The van der Waals surface area contributed by atoms with E-state index in [1.807, 2.05) is 62.4 Å². The summed E-state index contributed by atoms with van der Waals surface area (Å²) in [6.45, 7) is 4.01. The van der Waals surface area contributed by atoms with Crippen molar-refractivity contribution >= 4 is 46.3 Å². The van der Waals surface area contributed by atoms with E-state index in [-0.39, 0.29) is 11.5 Å². The average Bonchev–Trinajstić information content (AvgIpc) is 3.46. The minimum atomic E-state index is -1.00. The molecule has 6 nitrogen and oxygen atoms in total. The van der Waals surface area contributed by atoms with Crippen molar-refractivity contribution in [2.75, 3.05) is 4.90 Å². The Bertz CT molecular complexity index is 1520. The summed E-state index contributed by atoms with van der Waals surface area (Å²) in [5, 5.41) is 9.82. The van der Waals surface area contributed by atoms with Crippen LogP contribution in [0.3, 0.4) is 0 Å². The SMILES string of the molecule is Cc1ccc(N=C2S/C(=C\c3ccc(-c4cccc(C(=O)O)c4)o3)C(=O)N2c2ccc(C)cc2)cc1. The van der Waals surface area contributed by atoms with Gasteiger partial charge in [-0.2, -0.15) is 0 Å². The predicted octanol–water partition coefficient (Wildman–Crippen LogP) is 7.07. The van der Waals surface area contributed by atoms with Crippen LogP contribution in [0.2, 0.25) is 0 Å². The second-order valence-corrected chi connectivity index (χ2v) is 9.41. The van der Waals surface area contributed by atoms with Crippen LogP contribution >= 0.6 is 11.8 Å². The lowest BCUT2D eigenvalue weighted by molar-refractivity contribution is -0.113. The number of aromatic carboxylic acids is 1. The first kappa shape index (κ1) is 23.4. The maximum absolute atomic E-state index is 13.5.